The van der Waals surface area contributed by atoms with E-state index in [1.54, 1.807) is 13.8 Å². The number of aliphatic hydroxyl groups excluding tert-OH is 2. The van der Waals surface area contributed by atoms with E-state index in [-0.39, 0.29) is 48.6 Å². The molecule has 0 aromatic rings. The Hall–Kier alpha value is -2.98. The van der Waals surface area contributed by atoms with E-state index in [1.807, 2.05) is 0 Å². The maximum atomic E-state index is 13.8. The lowest BCUT2D eigenvalue weighted by Crippen LogP contribution is -2.57. The topological polar surface area (TPSA) is 148 Å². The second-order valence-electron chi connectivity index (χ2n) is 10.6. The number of cyclic esters (lactones) is 1. The van der Waals surface area contributed by atoms with E-state index in [0.29, 0.717) is 31.4 Å². The maximum Gasteiger partial charge on any atom is 0.340 e. The molecule has 4 aliphatic rings. The van der Waals surface area contributed by atoms with Crippen molar-refractivity contribution in [3.63, 3.8) is 0 Å². The fourth-order valence-corrected chi connectivity index (χ4v) is 6.61. The van der Waals surface area contributed by atoms with Crippen molar-refractivity contribution in [3.05, 3.63) is 34.3 Å². The third-order valence-corrected chi connectivity index (χ3v) is 8.40. The minimum Gasteiger partial charge on any atom is -0.504 e. The van der Waals surface area contributed by atoms with Gasteiger partial charge in [0, 0.05) is 68.7 Å². The van der Waals surface area contributed by atoms with Gasteiger partial charge < -0.3 is 29.7 Å². The van der Waals surface area contributed by atoms with Gasteiger partial charge in [-0.3, -0.25) is 14.4 Å². The number of carbonyl (C=O) groups is 4. The van der Waals surface area contributed by atoms with Crippen molar-refractivity contribution in [2.24, 2.45) is 16.7 Å². The zero-order valence-corrected chi connectivity index (χ0v) is 21.7. The molecule has 4 rings (SSSR count). The number of Topliss-reactive ketones (excluding diaryl/α,β-unsaturated/α-hetero) is 2. The van der Waals surface area contributed by atoms with Crippen molar-refractivity contribution in [3.8, 4) is 0 Å². The van der Waals surface area contributed by atoms with E-state index in [9.17, 15) is 24.3 Å². The summed E-state index contributed by atoms with van der Waals surface area (Å²) in [5.41, 5.74) is -1.37. The third kappa shape index (κ3) is 4.20. The van der Waals surface area contributed by atoms with Crippen molar-refractivity contribution in [2.75, 3.05) is 26.9 Å². The van der Waals surface area contributed by atoms with Gasteiger partial charge in [0.15, 0.2) is 5.76 Å². The quantitative estimate of drug-likeness (QED) is 0.247. The molecular formula is C27H35NO9. The highest BCUT2D eigenvalue weighted by Crippen LogP contribution is 2.62. The number of fused-ring (bicyclic) bond motifs is 4. The molecule has 0 amide bonds. The van der Waals surface area contributed by atoms with E-state index in [1.165, 1.54) is 20.2 Å². The molecule has 0 spiro atoms. The second kappa shape index (κ2) is 10.1. The number of hydrogen-bond acceptors (Lipinski definition) is 10. The minimum absolute atomic E-state index is 0.00587. The van der Waals surface area contributed by atoms with E-state index in [2.05, 4.69) is 5.32 Å². The van der Waals surface area contributed by atoms with Gasteiger partial charge in [0.2, 0.25) is 5.78 Å². The number of ketones is 2. The Bertz CT molecular complexity index is 1120. The van der Waals surface area contributed by atoms with Crippen LogP contribution in [0, 0.1) is 16.7 Å². The Morgan fingerprint density at radius 1 is 1.24 bits per heavy atom. The first kappa shape index (κ1) is 27.1. The highest BCUT2D eigenvalue weighted by atomic mass is 16.6. The van der Waals surface area contributed by atoms with Crippen LogP contribution in [-0.4, -0.2) is 72.8 Å². The van der Waals surface area contributed by atoms with Gasteiger partial charge in [-0.2, -0.15) is 0 Å². The molecule has 2 fully saturated rings. The van der Waals surface area contributed by atoms with Gasteiger partial charge in [-0.15, -0.1) is 0 Å². The van der Waals surface area contributed by atoms with Crippen LogP contribution in [0.3, 0.4) is 0 Å². The summed E-state index contributed by atoms with van der Waals surface area (Å²) in [4.78, 5) is 52.1. The molecular weight excluding hydrogens is 482 g/mol. The number of esters is 2. The molecule has 3 N–H and O–H groups in total. The first-order chi connectivity index (χ1) is 17.5. The highest BCUT2D eigenvalue weighted by Gasteiger charge is 2.64. The van der Waals surface area contributed by atoms with E-state index >= 15 is 0 Å². The predicted octanol–water partition coefficient (Wildman–Crippen LogP) is 1.82. The molecule has 5 atom stereocenters. The molecule has 1 heterocycles. The molecule has 0 radical (unpaired) electrons. The first-order valence-electron chi connectivity index (χ1n) is 12.7. The number of allylic oxidation sites excluding steroid dienone is 1. The van der Waals surface area contributed by atoms with Gasteiger partial charge in [0.1, 0.15) is 18.0 Å². The number of rotatable bonds is 8. The van der Waals surface area contributed by atoms with Gasteiger partial charge in [-0.25, -0.2) is 4.79 Å². The first-order valence-corrected chi connectivity index (χ1v) is 12.7. The molecule has 202 valence electrons. The summed E-state index contributed by atoms with van der Waals surface area (Å²) in [6, 6.07) is 0. The molecule has 0 bridgehead atoms. The summed E-state index contributed by atoms with van der Waals surface area (Å²) in [5, 5.41) is 23.4. The standard InChI is InChI=1S/C27H35NO9/c1-14(30)36-17-11-26(2)16(7-8-18(26)31)20-22(17)27(3)19(13-35-4)37-25(34)15(12-28-9-5-6-10-29)21(27)24(33)23(20)32/h12,16-17,19,28-29,33H,5-11,13H2,1-4H3/b15-12-/t16-,17+,19+,26-,27-/m0/s1. The van der Waals surface area contributed by atoms with Crippen molar-refractivity contribution < 1.29 is 43.6 Å². The van der Waals surface area contributed by atoms with Crippen LogP contribution in [0.1, 0.15) is 52.9 Å². The van der Waals surface area contributed by atoms with Crippen LogP contribution in [0.15, 0.2) is 34.3 Å². The zero-order valence-electron chi connectivity index (χ0n) is 21.7. The maximum absolute atomic E-state index is 13.8. The molecule has 1 saturated carbocycles. The van der Waals surface area contributed by atoms with Crippen molar-refractivity contribution in [1.29, 1.82) is 0 Å². The molecule has 0 aromatic heterocycles. The molecule has 3 aliphatic carbocycles. The summed E-state index contributed by atoms with van der Waals surface area (Å²) in [7, 11) is 1.45. The van der Waals surface area contributed by atoms with Crippen LogP contribution in [0.4, 0.5) is 0 Å². The summed E-state index contributed by atoms with van der Waals surface area (Å²) >= 11 is 0. The van der Waals surface area contributed by atoms with Crippen LogP contribution in [-0.2, 0) is 33.4 Å². The largest absolute Gasteiger partial charge is 0.504 e. The Morgan fingerprint density at radius 2 is 1.97 bits per heavy atom. The van der Waals surface area contributed by atoms with Gasteiger partial charge in [0.05, 0.1) is 17.6 Å². The Morgan fingerprint density at radius 3 is 2.62 bits per heavy atom. The SMILES string of the molecule is COC[C@H]1OC(=O)/C(=C\NCCCCO)C2=C(O)C(=O)C3=C([C@H](OC(C)=O)C[C@]4(C)C(=O)CC[C@@H]34)[C@]21C. The number of hydrogen-bond donors (Lipinski definition) is 3. The summed E-state index contributed by atoms with van der Waals surface area (Å²) in [5.74, 6) is -3.01. The normalized spacial score (nSPS) is 34.2. The molecule has 37 heavy (non-hydrogen) atoms. The van der Waals surface area contributed by atoms with Gasteiger partial charge >= 0.3 is 11.9 Å². The Kier molecular flexibility index (Phi) is 7.36. The molecule has 10 heteroatoms. The highest BCUT2D eigenvalue weighted by molar-refractivity contribution is 6.14. The average Bonchev–Trinajstić information content (AvgIpc) is 3.13. The van der Waals surface area contributed by atoms with Crippen LogP contribution in [0.25, 0.3) is 0 Å². The number of unbranched alkanes of at least 4 members (excludes halogenated alkanes) is 1. The number of methoxy groups -OCH3 is 1. The smallest absolute Gasteiger partial charge is 0.340 e. The fraction of sp³-hybridized carbons (Fsp3) is 0.630. The molecule has 1 saturated heterocycles. The Labute approximate surface area is 215 Å². The minimum atomic E-state index is -1.26. The lowest BCUT2D eigenvalue weighted by Gasteiger charge is -2.53. The molecule has 1 aliphatic heterocycles. The number of aliphatic hydroxyl groups is 2. The predicted molar refractivity (Wildman–Crippen MR) is 130 cm³/mol. The summed E-state index contributed by atoms with van der Waals surface area (Å²) in [6.07, 6.45) is 1.69. The van der Waals surface area contributed by atoms with Crippen molar-refractivity contribution in [1.82, 2.24) is 5.32 Å². The van der Waals surface area contributed by atoms with Crippen LogP contribution < -0.4 is 5.32 Å². The summed E-state index contributed by atoms with van der Waals surface area (Å²) < 4.78 is 16.9. The molecule has 10 nitrogen and oxygen atoms in total. The van der Waals surface area contributed by atoms with Gasteiger partial charge in [-0.1, -0.05) is 6.92 Å². The zero-order chi connectivity index (χ0) is 27.1. The van der Waals surface area contributed by atoms with E-state index < -0.39 is 52.4 Å². The molecule has 0 aromatic carbocycles. The number of carbonyl (C=O) groups excluding carboxylic acids is 4. The second-order valence-corrected chi connectivity index (χ2v) is 10.6. The van der Waals surface area contributed by atoms with Crippen LogP contribution in [0.2, 0.25) is 0 Å². The van der Waals surface area contributed by atoms with Crippen LogP contribution >= 0.6 is 0 Å². The summed E-state index contributed by atoms with van der Waals surface area (Å²) in [6.45, 7) is 5.26. The van der Waals surface area contributed by atoms with E-state index in [0.717, 1.165) is 0 Å². The van der Waals surface area contributed by atoms with Crippen molar-refractivity contribution in [2.45, 2.75) is 65.1 Å². The number of ether oxygens (including phenoxy) is 3. The van der Waals surface area contributed by atoms with Gasteiger partial charge in [0.25, 0.3) is 0 Å². The third-order valence-electron chi connectivity index (χ3n) is 8.40. The van der Waals surface area contributed by atoms with Gasteiger partial charge in [-0.05, 0) is 31.8 Å². The Balaban J connectivity index is 1.92. The molecule has 0 unspecified atom stereocenters. The fourth-order valence-electron chi connectivity index (χ4n) is 6.61. The van der Waals surface area contributed by atoms with Crippen LogP contribution in [0.5, 0.6) is 0 Å². The average molecular weight is 518 g/mol. The van der Waals surface area contributed by atoms with E-state index in [4.69, 9.17) is 19.3 Å². The lowest BCUT2D eigenvalue weighted by molar-refractivity contribution is -0.160. The lowest BCUT2D eigenvalue weighted by atomic mass is 9.53. The number of nitrogens with one attached hydrogen (secondary N) is 1. The monoisotopic (exact) mass is 517 g/mol. The van der Waals surface area contributed by atoms with Crippen molar-refractivity contribution >= 4 is 23.5 Å².